The summed E-state index contributed by atoms with van der Waals surface area (Å²) in [5.74, 6) is 1.41. The van der Waals surface area contributed by atoms with Gasteiger partial charge in [0.1, 0.15) is 11.9 Å². The van der Waals surface area contributed by atoms with Gasteiger partial charge in [-0.05, 0) is 25.1 Å². The molecule has 0 N–H and O–H groups in total. The van der Waals surface area contributed by atoms with Crippen molar-refractivity contribution in [3.8, 4) is 28.7 Å². The summed E-state index contributed by atoms with van der Waals surface area (Å²) in [6.07, 6.45) is -0.195. The second-order valence-electron chi connectivity index (χ2n) is 6.74. The fourth-order valence-electron chi connectivity index (χ4n) is 3.46. The van der Waals surface area contributed by atoms with Crippen LogP contribution < -0.4 is 4.74 Å². The average Bonchev–Trinajstić information content (AvgIpc) is 3.41. The quantitative estimate of drug-likeness (QED) is 0.472. The molecule has 0 radical (unpaired) electrons. The summed E-state index contributed by atoms with van der Waals surface area (Å²) in [6, 6.07) is 15.2. The van der Waals surface area contributed by atoms with Crippen molar-refractivity contribution in [3.05, 3.63) is 64.8 Å². The van der Waals surface area contributed by atoms with Gasteiger partial charge >= 0.3 is 0 Å². The van der Waals surface area contributed by atoms with Gasteiger partial charge in [-0.2, -0.15) is 4.98 Å². The van der Waals surface area contributed by atoms with Crippen LogP contribution in [0.15, 0.2) is 53.1 Å². The molecule has 8 nitrogen and oxygen atoms in total. The van der Waals surface area contributed by atoms with Crippen LogP contribution in [0.3, 0.4) is 0 Å². The summed E-state index contributed by atoms with van der Waals surface area (Å²) >= 11 is 6.31. The molecule has 5 rings (SSSR count). The molecule has 1 atom stereocenters. The average molecular weight is 424 g/mol. The van der Waals surface area contributed by atoms with Gasteiger partial charge < -0.3 is 14.0 Å². The summed E-state index contributed by atoms with van der Waals surface area (Å²) in [5, 5.41) is 13.3. The zero-order valence-corrected chi connectivity index (χ0v) is 16.9. The summed E-state index contributed by atoms with van der Waals surface area (Å²) in [7, 11) is 0. The summed E-state index contributed by atoms with van der Waals surface area (Å²) in [6.45, 7) is 3.29. The van der Waals surface area contributed by atoms with Crippen molar-refractivity contribution >= 4 is 11.6 Å². The van der Waals surface area contributed by atoms with Crippen molar-refractivity contribution in [2.45, 2.75) is 26.2 Å². The molecule has 0 spiro atoms. The Morgan fingerprint density at radius 1 is 1.17 bits per heavy atom. The van der Waals surface area contributed by atoms with Crippen LogP contribution in [0.25, 0.3) is 23.0 Å². The lowest BCUT2D eigenvalue weighted by atomic mass is 10.1. The number of ether oxygens (including phenoxy) is 2. The van der Waals surface area contributed by atoms with E-state index >= 15 is 0 Å². The van der Waals surface area contributed by atoms with Crippen LogP contribution >= 0.6 is 11.6 Å². The number of fused-ring (bicyclic) bond motifs is 1. The SMILES string of the molecule is CCOc1ccccc1-c1nc(-c2nnn3c2COC(c2ccccc2Cl)C3)no1. The van der Waals surface area contributed by atoms with E-state index in [1.54, 1.807) is 4.68 Å². The highest BCUT2D eigenvalue weighted by Crippen LogP contribution is 2.34. The van der Waals surface area contributed by atoms with Crippen molar-refractivity contribution in [1.82, 2.24) is 25.1 Å². The van der Waals surface area contributed by atoms with Crippen LogP contribution in [-0.4, -0.2) is 31.7 Å². The molecule has 0 aliphatic carbocycles. The highest BCUT2D eigenvalue weighted by Gasteiger charge is 2.28. The lowest BCUT2D eigenvalue weighted by Crippen LogP contribution is -2.22. The zero-order chi connectivity index (χ0) is 20.5. The van der Waals surface area contributed by atoms with Gasteiger partial charge in [0.05, 0.1) is 31.0 Å². The maximum atomic E-state index is 6.31. The van der Waals surface area contributed by atoms with E-state index in [0.717, 1.165) is 16.8 Å². The summed E-state index contributed by atoms with van der Waals surface area (Å²) in [5.41, 5.74) is 2.99. The molecule has 2 aromatic carbocycles. The van der Waals surface area contributed by atoms with Gasteiger partial charge in [0.15, 0.2) is 5.69 Å². The van der Waals surface area contributed by atoms with Crippen molar-refractivity contribution in [3.63, 3.8) is 0 Å². The first-order valence-corrected chi connectivity index (χ1v) is 9.97. The van der Waals surface area contributed by atoms with Crippen molar-refractivity contribution in [1.29, 1.82) is 0 Å². The molecule has 0 amide bonds. The third-order valence-corrected chi connectivity index (χ3v) is 5.25. The first-order chi connectivity index (χ1) is 14.7. The van der Waals surface area contributed by atoms with Crippen LogP contribution in [0, 0.1) is 0 Å². The smallest absolute Gasteiger partial charge is 0.262 e. The Balaban J connectivity index is 1.43. The minimum Gasteiger partial charge on any atom is -0.493 e. The van der Waals surface area contributed by atoms with Gasteiger partial charge in [-0.1, -0.05) is 52.3 Å². The molecule has 9 heteroatoms. The standard InChI is InChI=1S/C21H18ClN5O3/c1-2-28-17-10-6-4-8-14(17)21-23-20(25-30-21)19-16-12-29-18(11-27(16)26-24-19)13-7-3-5-9-15(13)22/h3-10,18H,2,11-12H2,1H3. The molecular formula is C21H18ClN5O3. The van der Waals surface area contributed by atoms with E-state index in [0.29, 0.717) is 47.9 Å². The van der Waals surface area contributed by atoms with Crippen molar-refractivity contribution in [2.24, 2.45) is 0 Å². The number of halogens is 1. The maximum absolute atomic E-state index is 6.31. The number of hydrogen-bond acceptors (Lipinski definition) is 7. The normalized spacial score (nSPS) is 15.7. The predicted molar refractivity (Wildman–Crippen MR) is 109 cm³/mol. The van der Waals surface area contributed by atoms with E-state index in [9.17, 15) is 0 Å². The number of rotatable bonds is 5. The molecule has 1 aliphatic rings. The number of aromatic nitrogens is 5. The maximum Gasteiger partial charge on any atom is 0.262 e. The predicted octanol–water partition coefficient (Wildman–Crippen LogP) is 4.32. The van der Waals surface area contributed by atoms with E-state index in [2.05, 4.69) is 20.5 Å². The van der Waals surface area contributed by atoms with Crippen LogP contribution in [0.4, 0.5) is 0 Å². The van der Waals surface area contributed by atoms with E-state index in [-0.39, 0.29) is 6.10 Å². The molecule has 4 aromatic rings. The molecular weight excluding hydrogens is 406 g/mol. The molecule has 3 heterocycles. The van der Waals surface area contributed by atoms with Gasteiger partial charge in [-0.3, -0.25) is 0 Å². The fraction of sp³-hybridized carbons (Fsp3) is 0.238. The highest BCUT2D eigenvalue weighted by molar-refractivity contribution is 6.31. The lowest BCUT2D eigenvalue weighted by Gasteiger charge is -2.24. The van der Waals surface area contributed by atoms with Crippen LogP contribution in [0.5, 0.6) is 5.75 Å². The fourth-order valence-corrected chi connectivity index (χ4v) is 3.72. The second kappa shape index (κ2) is 7.89. The van der Waals surface area contributed by atoms with E-state index in [1.165, 1.54) is 0 Å². The monoisotopic (exact) mass is 423 g/mol. The van der Waals surface area contributed by atoms with Gasteiger partial charge in [0.2, 0.25) is 5.82 Å². The minimum absolute atomic E-state index is 0.195. The third kappa shape index (κ3) is 3.34. The van der Waals surface area contributed by atoms with Gasteiger partial charge in [0, 0.05) is 10.6 Å². The summed E-state index contributed by atoms with van der Waals surface area (Å²) < 4.78 is 19.0. The Morgan fingerprint density at radius 3 is 2.87 bits per heavy atom. The Labute approximate surface area is 177 Å². The van der Waals surface area contributed by atoms with E-state index in [1.807, 2.05) is 55.5 Å². The Hall–Kier alpha value is -3.23. The number of nitrogens with zero attached hydrogens (tertiary/aromatic N) is 5. The Kier molecular flexibility index (Phi) is 4.94. The largest absolute Gasteiger partial charge is 0.493 e. The van der Waals surface area contributed by atoms with E-state index < -0.39 is 0 Å². The Morgan fingerprint density at radius 2 is 2.00 bits per heavy atom. The minimum atomic E-state index is -0.195. The number of hydrogen-bond donors (Lipinski definition) is 0. The van der Waals surface area contributed by atoms with Gasteiger partial charge in [0.25, 0.3) is 5.89 Å². The molecule has 0 fully saturated rings. The van der Waals surface area contributed by atoms with Crippen LogP contribution in [0.1, 0.15) is 24.3 Å². The van der Waals surface area contributed by atoms with Crippen molar-refractivity contribution in [2.75, 3.05) is 6.61 Å². The highest BCUT2D eigenvalue weighted by atomic mass is 35.5. The number of para-hydroxylation sites is 1. The topological polar surface area (TPSA) is 88.1 Å². The van der Waals surface area contributed by atoms with Gasteiger partial charge in [-0.25, -0.2) is 4.68 Å². The molecule has 0 saturated heterocycles. The van der Waals surface area contributed by atoms with Gasteiger partial charge in [-0.15, -0.1) is 5.10 Å². The van der Waals surface area contributed by atoms with E-state index in [4.69, 9.17) is 25.6 Å². The summed E-state index contributed by atoms with van der Waals surface area (Å²) in [4.78, 5) is 4.52. The van der Waals surface area contributed by atoms with Crippen LogP contribution in [0.2, 0.25) is 5.02 Å². The molecule has 1 aliphatic heterocycles. The lowest BCUT2D eigenvalue weighted by molar-refractivity contribution is -0.00106. The number of benzene rings is 2. The molecule has 0 saturated carbocycles. The molecule has 2 aromatic heterocycles. The third-order valence-electron chi connectivity index (χ3n) is 4.90. The van der Waals surface area contributed by atoms with Crippen molar-refractivity contribution < 1.29 is 14.0 Å². The first kappa shape index (κ1) is 18.8. The Bertz CT molecular complexity index is 1190. The molecule has 1 unspecified atom stereocenters. The zero-order valence-electron chi connectivity index (χ0n) is 16.2. The first-order valence-electron chi connectivity index (χ1n) is 9.59. The molecule has 152 valence electrons. The van der Waals surface area contributed by atoms with Crippen LogP contribution in [-0.2, 0) is 17.9 Å². The second-order valence-corrected chi connectivity index (χ2v) is 7.15. The molecule has 0 bridgehead atoms. The molecule has 30 heavy (non-hydrogen) atoms.